The summed E-state index contributed by atoms with van der Waals surface area (Å²) in [6, 6.07) is 28.0. The van der Waals surface area contributed by atoms with E-state index in [2.05, 4.69) is 9.97 Å². The summed E-state index contributed by atoms with van der Waals surface area (Å²) < 4.78 is 12.7. The van der Waals surface area contributed by atoms with Gasteiger partial charge in [0, 0.05) is 23.0 Å². The van der Waals surface area contributed by atoms with Crippen molar-refractivity contribution in [2.24, 2.45) is 0 Å². The number of carbonyl (C=O) groups is 1. The maximum Gasteiger partial charge on any atom is 0.348 e. The van der Waals surface area contributed by atoms with Crippen LogP contribution >= 0.6 is 11.6 Å². The molecule has 1 atom stereocenters. The molecule has 4 rings (SSSR count). The Morgan fingerprint density at radius 1 is 0.892 bits per heavy atom. The van der Waals surface area contributed by atoms with E-state index >= 15 is 0 Å². The fourth-order valence-electron chi connectivity index (χ4n) is 4.44. The lowest BCUT2D eigenvalue weighted by Gasteiger charge is -2.39. The molecular weight excluding hydrogens is 488 g/mol. The average Bonchev–Trinajstić information content (AvgIpc) is 2.89. The van der Waals surface area contributed by atoms with Gasteiger partial charge in [0.15, 0.2) is 5.60 Å². The first-order valence-electron chi connectivity index (χ1n) is 12.1. The zero-order valence-corrected chi connectivity index (χ0v) is 21.6. The number of hydrogen-bond donors (Lipinski definition) is 1. The van der Waals surface area contributed by atoms with E-state index in [1.807, 2.05) is 98.8 Å². The lowest BCUT2D eigenvalue weighted by Crippen LogP contribution is -2.51. The molecule has 0 saturated carbocycles. The van der Waals surface area contributed by atoms with Crippen molar-refractivity contribution in [2.75, 3.05) is 6.61 Å². The van der Waals surface area contributed by atoms with Gasteiger partial charge in [-0.3, -0.25) is 0 Å². The zero-order valence-electron chi connectivity index (χ0n) is 20.8. The van der Waals surface area contributed by atoms with Crippen molar-refractivity contribution in [3.05, 3.63) is 124 Å². The Morgan fingerprint density at radius 3 is 1.97 bits per heavy atom. The fourth-order valence-corrected chi connectivity index (χ4v) is 4.67. The summed E-state index contributed by atoms with van der Waals surface area (Å²) in [5.74, 6) is -1.19. The highest BCUT2D eigenvalue weighted by Gasteiger charge is 2.50. The maximum absolute atomic E-state index is 12.9. The van der Waals surface area contributed by atoms with Crippen LogP contribution in [0.1, 0.15) is 34.5 Å². The minimum atomic E-state index is -1.48. The standard InChI is InChI=1S/C30H29ClN2O4/c1-21-20-22(2)33-29(32-21)37-27(28(34)35)30(24-14-5-3-6-15-24,25-16-7-4-8-17-25)36-19-11-13-23-12-9-10-18-26(23)31/h3-10,12,14-18,20,27H,11,13,19H2,1-2H3,(H,34,35). The summed E-state index contributed by atoms with van der Waals surface area (Å²) in [6.07, 6.45) is -0.172. The second kappa shape index (κ2) is 12.0. The third kappa shape index (κ3) is 6.16. The molecule has 0 spiro atoms. The van der Waals surface area contributed by atoms with Crippen LogP contribution in [0.3, 0.4) is 0 Å². The molecule has 1 aromatic heterocycles. The number of aliphatic carboxylic acids is 1. The number of nitrogens with zero attached hydrogens (tertiary/aromatic N) is 2. The van der Waals surface area contributed by atoms with Crippen molar-refractivity contribution >= 4 is 17.6 Å². The SMILES string of the molecule is Cc1cc(C)nc(OC(C(=O)O)C(OCCCc2ccccc2Cl)(c2ccccc2)c2ccccc2)n1. The van der Waals surface area contributed by atoms with Crippen molar-refractivity contribution in [3.63, 3.8) is 0 Å². The van der Waals surface area contributed by atoms with Crippen LogP contribution in [0.4, 0.5) is 0 Å². The first-order valence-corrected chi connectivity index (χ1v) is 12.5. The quantitative estimate of drug-likeness (QED) is 0.240. The van der Waals surface area contributed by atoms with E-state index in [1.165, 1.54) is 0 Å². The molecular formula is C30H29ClN2O4. The topological polar surface area (TPSA) is 81.5 Å². The summed E-state index contributed by atoms with van der Waals surface area (Å²) in [6.45, 7) is 3.88. The summed E-state index contributed by atoms with van der Waals surface area (Å²) in [4.78, 5) is 21.6. The molecule has 0 amide bonds. The predicted octanol–water partition coefficient (Wildman–Crippen LogP) is 6.17. The zero-order chi connectivity index (χ0) is 26.3. The van der Waals surface area contributed by atoms with Crippen LogP contribution in [0, 0.1) is 13.8 Å². The molecule has 0 radical (unpaired) electrons. The van der Waals surface area contributed by atoms with Crippen LogP contribution in [0.2, 0.25) is 5.02 Å². The van der Waals surface area contributed by atoms with Gasteiger partial charge in [0.2, 0.25) is 6.10 Å². The number of rotatable bonds is 11. The molecule has 6 nitrogen and oxygen atoms in total. The lowest BCUT2D eigenvalue weighted by molar-refractivity contribution is -0.164. The Labute approximate surface area is 221 Å². The molecule has 1 N–H and O–H groups in total. The van der Waals surface area contributed by atoms with E-state index in [9.17, 15) is 9.90 Å². The molecule has 7 heteroatoms. The summed E-state index contributed by atoms with van der Waals surface area (Å²) >= 11 is 6.34. The summed E-state index contributed by atoms with van der Waals surface area (Å²) in [5.41, 5.74) is 2.18. The van der Waals surface area contributed by atoms with Crippen LogP contribution in [0.15, 0.2) is 91.0 Å². The number of hydrogen-bond acceptors (Lipinski definition) is 5. The number of halogens is 1. The number of ether oxygens (including phenoxy) is 2. The Balaban J connectivity index is 1.77. The van der Waals surface area contributed by atoms with E-state index < -0.39 is 17.7 Å². The first kappa shape index (κ1) is 26.3. The van der Waals surface area contributed by atoms with Crippen LogP contribution in [-0.4, -0.2) is 33.8 Å². The van der Waals surface area contributed by atoms with Gasteiger partial charge in [-0.2, -0.15) is 0 Å². The summed E-state index contributed by atoms with van der Waals surface area (Å²) in [7, 11) is 0. The molecule has 0 aliphatic carbocycles. The van der Waals surface area contributed by atoms with E-state index in [1.54, 1.807) is 6.07 Å². The van der Waals surface area contributed by atoms with E-state index in [0.717, 1.165) is 5.56 Å². The molecule has 1 heterocycles. The molecule has 0 saturated heterocycles. The van der Waals surface area contributed by atoms with Crippen molar-refractivity contribution < 1.29 is 19.4 Å². The van der Waals surface area contributed by atoms with Crippen molar-refractivity contribution in [1.82, 2.24) is 9.97 Å². The highest BCUT2D eigenvalue weighted by atomic mass is 35.5. The van der Waals surface area contributed by atoms with Gasteiger partial charge in [0.05, 0.1) is 0 Å². The van der Waals surface area contributed by atoms with Crippen LogP contribution < -0.4 is 4.74 Å². The number of benzene rings is 3. The van der Waals surface area contributed by atoms with Crippen molar-refractivity contribution in [3.8, 4) is 6.01 Å². The highest BCUT2D eigenvalue weighted by molar-refractivity contribution is 6.31. The number of aryl methyl sites for hydroxylation is 3. The molecule has 190 valence electrons. The first-order chi connectivity index (χ1) is 17.9. The molecule has 0 fully saturated rings. The largest absolute Gasteiger partial charge is 0.478 e. The number of aromatic nitrogens is 2. The minimum absolute atomic E-state index is 0.0131. The van der Waals surface area contributed by atoms with Gasteiger partial charge < -0.3 is 14.6 Å². The highest BCUT2D eigenvalue weighted by Crippen LogP contribution is 2.39. The molecule has 0 aliphatic heterocycles. The van der Waals surface area contributed by atoms with Crippen LogP contribution in [0.25, 0.3) is 0 Å². The second-order valence-corrected chi connectivity index (χ2v) is 9.19. The Morgan fingerprint density at radius 2 is 1.43 bits per heavy atom. The number of carboxylic acid groups (broad SMARTS) is 1. The minimum Gasteiger partial charge on any atom is -0.478 e. The van der Waals surface area contributed by atoms with Gasteiger partial charge in [-0.05, 0) is 55.5 Å². The Hall–Kier alpha value is -3.74. The van der Waals surface area contributed by atoms with Crippen LogP contribution in [-0.2, 0) is 21.6 Å². The third-order valence-electron chi connectivity index (χ3n) is 6.06. The van der Waals surface area contributed by atoms with E-state index in [-0.39, 0.29) is 12.6 Å². The van der Waals surface area contributed by atoms with Crippen molar-refractivity contribution in [2.45, 2.75) is 38.4 Å². The molecule has 37 heavy (non-hydrogen) atoms. The summed E-state index contributed by atoms with van der Waals surface area (Å²) in [5, 5.41) is 11.2. The number of carboxylic acids is 1. The van der Waals surface area contributed by atoms with E-state index in [0.29, 0.717) is 40.4 Å². The fraction of sp³-hybridized carbons (Fsp3) is 0.233. The van der Waals surface area contributed by atoms with E-state index in [4.69, 9.17) is 21.1 Å². The normalized spacial score (nSPS) is 12.2. The molecule has 3 aromatic carbocycles. The van der Waals surface area contributed by atoms with Gasteiger partial charge in [-0.1, -0.05) is 90.5 Å². The van der Waals surface area contributed by atoms with Gasteiger partial charge in [0.25, 0.3) is 0 Å². The molecule has 4 aromatic rings. The molecule has 1 unspecified atom stereocenters. The molecule has 0 bridgehead atoms. The maximum atomic E-state index is 12.9. The molecule has 0 aliphatic rings. The van der Waals surface area contributed by atoms with Crippen LogP contribution in [0.5, 0.6) is 6.01 Å². The third-order valence-corrected chi connectivity index (χ3v) is 6.43. The van der Waals surface area contributed by atoms with Gasteiger partial charge >= 0.3 is 12.0 Å². The lowest BCUT2D eigenvalue weighted by atomic mass is 9.81. The smallest absolute Gasteiger partial charge is 0.348 e. The Bertz CT molecular complexity index is 1270. The predicted molar refractivity (Wildman–Crippen MR) is 143 cm³/mol. The monoisotopic (exact) mass is 516 g/mol. The van der Waals surface area contributed by atoms with Gasteiger partial charge in [-0.15, -0.1) is 0 Å². The van der Waals surface area contributed by atoms with Gasteiger partial charge in [-0.25, -0.2) is 14.8 Å². The average molecular weight is 517 g/mol. The van der Waals surface area contributed by atoms with Crippen molar-refractivity contribution in [1.29, 1.82) is 0 Å². The Kier molecular flexibility index (Phi) is 8.54. The second-order valence-electron chi connectivity index (χ2n) is 8.78. The van der Waals surface area contributed by atoms with Gasteiger partial charge in [0.1, 0.15) is 0 Å².